The Morgan fingerprint density at radius 3 is 2.45 bits per heavy atom. The molecule has 1 saturated heterocycles. The highest BCUT2D eigenvalue weighted by Gasteiger charge is 2.62. The highest BCUT2D eigenvalue weighted by molar-refractivity contribution is 7.84. The number of aryl methyl sites for hydroxylation is 1. The van der Waals surface area contributed by atoms with Gasteiger partial charge in [0.05, 0.1) is 6.10 Å². The third kappa shape index (κ3) is 5.17. The van der Waals surface area contributed by atoms with E-state index in [1.165, 1.54) is 43.5 Å². The number of likely N-dealkylation sites (tertiary alicyclic amines) is 1. The van der Waals surface area contributed by atoms with Crippen LogP contribution in [0.25, 0.3) is 0 Å². The number of benzene rings is 2. The van der Waals surface area contributed by atoms with Crippen molar-refractivity contribution in [1.82, 2.24) is 4.90 Å². The Morgan fingerprint density at radius 1 is 1.00 bits per heavy atom. The molecule has 2 aromatic rings. The number of ether oxygens (including phenoxy) is 1. The minimum Gasteiger partial charge on any atom is -0.492 e. The van der Waals surface area contributed by atoms with Gasteiger partial charge in [0, 0.05) is 6.54 Å². The number of hydrogen-bond acceptors (Lipinski definition) is 6. The molecule has 0 bridgehead atoms. The number of fused-ring (bicyclic) bond motifs is 5. The first-order chi connectivity index (χ1) is 19.1. The van der Waals surface area contributed by atoms with E-state index in [4.69, 9.17) is 14.1 Å². The average Bonchev–Trinajstić information content (AvgIpc) is 3.23. The second-order valence-corrected chi connectivity index (χ2v) is 14.4. The van der Waals surface area contributed by atoms with Gasteiger partial charge in [-0.2, -0.15) is 13.6 Å². The molecule has 0 unspecified atom stereocenters. The van der Waals surface area contributed by atoms with Crippen LogP contribution in [0.2, 0.25) is 0 Å². The van der Waals surface area contributed by atoms with Crippen LogP contribution in [-0.2, 0) is 16.7 Å². The van der Waals surface area contributed by atoms with E-state index in [9.17, 15) is 13.5 Å². The second kappa shape index (κ2) is 10.6. The number of aliphatic hydroxyl groups excluding tert-OH is 1. The van der Waals surface area contributed by atoms with Crippen molar-refractivity contribution in [2.75, 3.05) is 26.2 Å². The van der Waals surface area contributed by atoms with Crippen LogP contribution in [0.4, 0.5) is 0 Å². The molecule has 3 N–H and O–H groups in total. The largest absolute Gasteiger partial charge is 0.492 e. The van der Waals surface area contributed by atoms with Gasteiger partial charge in [0.2, 0.25) is 0 Å². The topological polar surface area (TPSA) is 102 Å². The lowest BCUT2D eigenvalue weighted by molar-refractivity contribution is -0.0768. The van der Waals surface area contributed by atoms with Gasteiger partial charge in [-0.1, -0.05) is 38.5 Å². The van der Waals surface area contributed by atoms with Crippen molar-refractivity contribution in [3.8, 4) is 11.5 Å². The molecule has 3 fully saturated rings. The summed E-state index contributed by atoms with van der Waals surface area (Å²) in [6, 6.07) is 14.3. The van der Waals surface area contributed by atoms with Crippen LogP contribution in [0.3, 0.4) is 0 Å². The highest BCUT2D eigenvalue weighted by Crippen LogP contribution is 2.70. The molecule has 2 saturated carbocycles. The maximum atomic E-state index is 11.6. The molecule has 1 aliphatic heterocycles. The van der Waals surface area contributed by atoms with Crippen molar-refractivity contribution in [2.45, 2.75) is 83.2 Å². The summed E-state index contributed by atoms with van der Waals surface area (Å²) < 4.78 is 34.3. The maximum Gasteiger partial charge on any atom is 0.380 e. The van der Waals surface area contributed by atoms with Crippen LogP contribution in [0.5, 0.6) is 11.5 Å². The van der Waals surface area contributed by atoms with Crippen LogP contribution in [0, 0.1) is 16.7 Å². The van der Waals surface area contributed by atoms with Crippen molar-refractivity contribution in [1.29, 1.82) is 0 Å². The fraction of sp³-hybridized carbons (Fsp3) is 0.625. The lowest BCUT2D eigenvalue weighted by atomic mass is 9.44. The van der Waals surface area contributed by atoms with Crippen molar-refractivity contribution in [3.63, 3.8) is 0 Å². The van der Waals surface area contributed by atoms with Crippen LogP contribution >= 0.6 is 0 Å². The van der Waals surface area contributed by atoms with E-state index in [1.54, 1.807) is 6.07 Å². The number of aliphatic hydroxyl groups is 1. The lowest BCUT2D eigenvalue weighted by Crippen LogP contribution is -2.52. The summed E-state index contributed by atoms with van der Waals surface area (Å²) in [5.41, 5.74) is 3.57. The van der Waals surface area contributed by atoms with Gasteiger partial charge in [-0.15, -0.1) is 0 Å². The molecular weight excluding hydrogens is 524 g/mol. The Labute approximate surface area is 239 Å². The molecule has 218 valence electrons. The minimum absolute atomic E-state index is 0.0219. The van der Waals surface area contributed by atoms with Crippen molar-refractivity contribution in [3.05, 3.63) is 59.2 Å². The summed E-state index contributed by atoms with van der Waals surface area (Å²) in [4.78, 5) is 2.49. The quantitative estimate of drug-likeness (QED) is 0.480. The molecule has 0 aromatic heterocycles. The van der Waals surface area contributed by atoms with Crippen LogP contribution < -0.4 is 14.1 Å². The fourth-order valence-corrected chi connectivity index (χ4v) is 9.41. The number of rotatable bonds is 7. The normalized spacial score (nSPS) is 34.0. The van der Waals surface area contributed by atoms with Gasteiger partial charge >= 0.3 is 10.3 Å². The van der Waals surface area contributed by atoms with Gasteiger partial charge < -0.3 is 14.0 Å². The number of nitrogens with two attached hydrogens (primary N) is 1. The summed E-state index contributed by atoms with van der Waals surface area (Å²) >= 11 is 0. The second-order valence-electron chi connectivity index (χ2n) is 13.2. The van der Waals surface area contributed by atoms with Crippen LogP contribution in [0.15, 0.2) is 42.5 Å². The monoisotopic (exact) mass is 568 g/mol. The van der Waals surface area contributed by atoms with Gasteiger partial charge in [-0.25, -0.2) is 0 Å². The van der Waals surface area contributed by atoms with Crippen LogP contribution in [-0.4, -0.2) is 50.8 Å². The Balaban J connectivity index is 1.29. The van der Waals surface area contributed by atoms with Gasteiger partial charge in [0.15, 0.2) is 0 Å². The first-order valence-corrected chi connectivity index (χ1v) is 16.5. The zero-order valence-electron chi connectivity index (χ0n) is 23.8. The van der Waals surface area contributed by atoms with E-state index in [2.05, 4.69) is 49.1 Å². The number of hydrogen-bond donors (Lipinski definition) is 2. The zero-order chi connectivity index (χ0) is 28.1. The summed E-state index contributed by atoms with van der Waals surface area (Å²) in [7, 11) is -4.08. The van der Waals surface area contributed by atoms with E-state index in [0.717, 1.165) is 50.0 Å². The van der Waals surface area contributed by atoms with E-state index in [0.29, 0.717) is 12.5 Å². The molecule has 8 heteroatoms. The average molecular weight is 569 g/mol. The third-order valence-corrected chi connectivity index (χ3v) is 11.3. The Morgan fingerprint density at radius 2 is 1.73 bits per heavy atom. The van der Waals surface area contributed by atoms with Gasteiger partial charge in [0.25, 0.3) is 0 Å². The molecule has 3 aliphatic carbocycles. The smallest absolute Gasteiger partial charge is 0.380 e. The SMILES string of the molecule is C[C@]12C[C@H](c3ccc(OCCN4CCCCC4)cc3)[C@@H]3c4ccc(OS(N)(=O)=O)cc4CC[C@@]3(C)[C@@H]1CC[C@@H]2O. The molecule has 6 atom stereocenters. The lowest BCUT2D eigenvalue weighted by Gasteiger charge is -2.60. The van der Waals surface area contributed by atoms with E-state index in [1.807, 2.05) is 6.07 Å². The molecule has 7 nitrogen and oxygen atoms in total. The fourth-order valence-electron chi connectivity index (χ4n) is 9.04. The summed E-state index contributed by atoms with van der Waals surface area (Å²) in [6.45, 7) is 8.75. The Bertz CT molecular complexity index is 1330. The van der Waals surface area contributed by atoms with Crippen molar-refractivity contribution >= 4 is 10.3 Å². The van der Waals surface area contributed by atoms with Gasteiger partial charge in [-0.3, -0.25) is 4.90 Å². The molecule has 40 heavy (non-hydrogen) atoms. The predicted octanol–water partition coefficient (Wildman–Crippen LogP) is 5.13. The maximum absolute atomic E-state index is 11.6. The van der Waals surface area contributed by atoms with Crippen LogP contribution in [0.1, 0.15) is 87.3 Å². The molecule has 1 heterocycles. The van der Waals surface area contributed by atoms with Gasteiger partial charge in [-0.05, 0) is 128 Å². The Kier molecular flexibility index (Phi) is 7.43. The van der Waals surface area contributed by atoms with E-state index in [-0.39, 0.29) is 34.5 Å². The molecule has 6 rings (SSSR count). The molecule has 0 amide bonds. The van der Waals surface area contributed by atoms with E-state index >= 15 is 0 Å². The molecule has 2 aromatic carbocycles. The predicted molar refractivity (Wildman–Crippen MR) is 156 cm³/mol. The minimum atomic E-state index is -4.08. The van der Waals surface area contributed by atoms with Crippen molar-refractivity contribution < 1.29 is 22.4 Å². The van der Waals surface area contributed by atoms with E-state index < -0.39 is 10.3 Å². The molecule has 0 spiro atoms. The summed E-state index contributed by atoms with van der Waals surface area (Å²) in [5, 5.41) is 16.4. The Hall–Kier alpha value is -2.13. The number of piperidine rings is 1. The number of nitrogens with zero attached hydrogens (tertiary/aromatic N) is 1. The van der Waals surface area contributed by atoms with Gasteiger partial charge in [0.1, 0.15) is 18.1 Å². The third-order valence-electron chi connectivity index (χ3n) is 10.9. The molecule has 4 aliphatic rings. The molecular formula is C32H44N2O5S. The highest BCUT2D eigenvalue weighted by atomic mass is 32.2. The molecule has 0 radical (unpaired) electrons. The first kappa shape index (κ1) is 28.0. The first-order valence-electron chi connectivity index (χ1n) is 15.0. The van der Waals surface area contributed by atoms with Crippen molar-refractivity contribution in [2.24, 2.45) is 21.9 Å². The zero-order valence-corrected chi connectivity index (χ0v) is 24.7. The summed E-state index contributed by atoms with van der Waals surface area (Å²) in [5.74, 6) is 2.09. The standard InChI is InChI=1S/C32H44N2O5S/c1-31-15-14-23-20-25(39-40(33,36)37)10-11-26(23)30(31)27(21-32(2)28(31)12-13-29(32)35)22-6-8-24(9-7-22)38-19-18-34-16-4-3-5-17-34/h6-11,20,27-30,35H,3-5,12-19,21H2,1-2H3,(H2,33,36,37)/t27-,28+,29+,30+,31+,32+/m1/s1. The summed E-state index contributed by atoms with van der Waals surface area (Å²) in [6.07, 6.45) is 8.28.